The number of nitrogens with one attached hydrogen (secondary N) is 2. The van der Waals surface area contributed by atoms with Crippen molar-refractivity contribution in [3.05, 3.63) is 84.0 Å². The Kier molecular flexibility index (Phi) is 7.58. The number of hydrogen-bond acceptors (Lipinski definition) is 6. The Bertz CT molecular complexity index is 1810. The minimum Gasteiger partial charge on any atom is -0.478 e. The summed E-state index contributed by atoms with van der Waals surface area (Å²) >= 11 is 0. The van der Waals surface area contributed by atoms with Gasteiger partial charge in [-0.05, 0) is 69.2 Å². The first kappa shape index (κ1) is 28.0. The Labute approximate surface area is 247 Å². The summed E-state index contributed by atoms with van der Waals surface area (Å²) in [5.41, 5.74) is 4.15. The second-order valence-corrected chi connectivity index (χ2v) is 11.0. The highest BCUT2D eigenvalue weighted by Crippen LogP contribution is 2.36. The maximum atomic E-state index is 13.2. The third kappa shape index (κ3) is 5.68. The quantitative estimate of drug-likeness (QED) is 0.183. The molecule has 3 heterocycles. The van der Waals surface area contributed by atoms with Crippen LogP contribution in [0, 0.1) is 6.92 Å². The number of aromatic carboxylic acids is 1. The van der Waals surface area contributed by atoms with Crippen molar-refractivity contribution in [2.45, 2.75) is 58.0 Å². The summed E-state index contributed by atoms with van der Waals surface area (Å²) in [6, 6.07) is 15.2. The molecule has 0 radical (unpaired) electrons. The third-order valence-electron chi connectivity index (χ3n) is 7.97. The number of hydrogen-bond donors (Lipinski definition) is 3. The molecule has 10 heteroatoms. The summed E-state index contributed by atoms with van der Waals surface area (Å²) in [5.74, 6) is -0.363. The lowest BCUT2D eigenvalue weighted by Gasteiger charge is -2.25. The van der Waals surface area contributed by atoms with Gasteiger partial charge in [0.2, 0.25) is 5.91 Å². The molecule has 1 aliphatic carbocycles. The number of aromatic nitrogens is 2. The van der Waals surface area contributed by atoms with Crippen molar-refractivity contribution in [2.24, 2.45) is 0 Å². The van der Waals surface area contributed by atoms with E-state index < -0.39 is 17.9 Å². The zero-order chi connectivity index (χ0) is 30.1. The first-order chi connectivity index (χ1) is 20.8. The molecular formula is C33H32N4O6. The molecule has 0 unspecified atom stereocenters. The summed E-state index contributed by atoms with van der Waals surface area (Å²) in [6.45, 7) is 3.20. The third-order valence-corrected chi connectivity index (χ3v) is 7.97. The van der Waals surface area contributed by atoms with Crippen LogP contribution in [0.2, 0.25) is 0 Å². The minimum absolute atomic E-state index is 0.0809. The second-order valence-electron chi connectivity index (χ2n) is 11.0. The lowest BCUT2D eigenvalue weighted by Crippen LogP contribution is -2.41. The number of imidazole rings is 1. The molecule has 0 bridgehead atoms. The van der Waals surface area contributed by atoms with Crippen LogP contribution in [0.4, 0.5) is 5.69 Å². The van der Waals surface area contributed by atoms with Crippen LogP contribution < -0.4 is 10.6 Å². The van der Waals surface area contributed by atoms with Gasteiger partial charge in [-0.25, -0.2) is 9.78 Å². The van der Waals surface area contributed by atoms with Gasteiger partial charge in [0, 0.05) is 22.9 Å². The second kappa shape index (κ2) is 11.6. The zero-order valence-electron chi connectivity index (χ0n) is 23.9. The van der Waals surface area contributed by atoms with Gasteiger partial charge in [0.1, 0.15) is 35.2 Å². The maximum absolute atomic E-state index is 13.2. The molecule has 0 spiro atoms. The maximum Gasteiger partial charge on any atom is 0.339 e. The molecule has 3 N–H and O–H groups in total. The summed E-state index contributed by atoms with van der Waals surface area (Å²) < 4.78 is 13.2. The first-order valence-electron chi connectivity index (χ1n) is 14.4. The molecule has 1 saturated carbocycles. The molecule has 5 aromatic rings. The van der Waals surface area contributed by atoms with E-state index >= 15 is 0 Å². The largest absolute Gasteiger partial charge is 0.478 e. The Morgan fingerprint density at radius 2 is 1.84 bits per heavy atom. The van der Waals surface area contributed by atoms with E-state index in [2.05, 4.69) is 15.2 Å². The van der Waals surface area contributed by atoms with Gasteiger partial charge >= 0.3 is 5.97 Å². The number of carboxylic acids is 1. The highest BCUT2D eigenvalue weighted by molar-refractivity contribution is 6.02. The van der Waals surface area contributed by atoms with Crippen LogP contribution in [0.15, 0.2) is 76.0 Å². The van der Waals surface area contributed by atoms with E-state index in [9.17, 15) is 19.5 Å². The van der Waals surface area contributed by atoms with Crippen LogP contribution >= 0.6 is 0 Å². The topological polar surface area (TPSA) is 140 Å². The van der Waals surface area contributed by atoms with Gasteiger partial charge in [-0.15, -0.1) is 0 Å². The molecule has 0 aliphatic heterocycles. The van der Waals surface area contributed by atoms with E-state index in [1.807, 2.05) is 12.1 Å². The predicted molar refractivity (Wildman–Crippen MR) is 161 cm³/mol. The van der Waals surface area contributed by atoms with Gasteiger partial charge in [0.25, 0.3) is 5.91 Å². The van der Waals surface area contributed by atoms with Crippen molar-refractivity contribution in [3.8, 4) is 22.7 Å². The number of carbonyl (C=O) groups excluding carboxylic acids is 2. The van der Waals surface area contributed by atoms with Crippen LogP contribution in [0.3, 0.4) is 0 Å². The zero-order valence-corrected chi connectivity index (χ0v) is 23.9. The smallest absolute Gasteiger partial charge is 0.339 e. The summed E-state index contributed by atoms with van der Waals surface area (Å²) in [4.78, 5) is 42.5. The number of rotatable bonds is 8. The van der Waals surface area contributed by atoms with E-state index in [1.54, 1.807) is 62.8 Å². The molecule has 2 amide bonds. The fourth-order valence-corrected chi connectivity index (χ4v) is 5.73. The van der Waals surface area contributed by atoms with Crippen LogP contribution in [0.5, 0.6) is 0 Å². The minimum atomic E-state index is -1.07. The number of anilines is 1. The summed E-state index contributed by atoms with van der Waals surface area (Å²) in [6.07, 6.45) is 9.07. The molecule has 3 aromatic heterocycles. The van der Waals surface area contributed by atoms with Crippen molar-refractivity contribution in [3.63, 3.8) is 0 Å². The molecule has 1 aliphatic rings. The fourth-order valence-electron chi connectivity index (χ4n) is 5.73. The van der Waals surface area contributed by atoms with E-state index in [0.29, 0.717) is 39.9 Å². The molecule has 10 nitrogen and oxygen atoms in total. The van der Waals surface area contributed by atoms with Gasteiger partial charge in [-0.3, -0.25) is 9.59 Å². The molecule has 1 atom stereocenters. The number of amides is 2. The summed E-state index contributed by atoms with van der Waals surface area (Å²) in [5, 5.41) is 14.9. The highest BCUT2D eigenvalue weighted by atomic mass is 16.4. The Morgan fingerprint density at radius 3 is 2.56 bits per heavy atom. The highest BCUT2D eigenvalue weighted by Gasteiger charge is 2.24. The van der Waals surface area contributed by atoms with Crippen LogP contribution in [-0.2, 0) is 4.79 Å². The van der Waals surface area contributed by atoms with Crippen LogP contribution in [-0.4, -0.2) is 38.5 Å². The Balaban J connectivity index is 1.17. The van der Waals surface area contributed by atoms with E-state index in [1.165, 1.54) is 25.3 Å². The number of fused-ring (bicyclic) bond motifs is 1. The van der Waals surface area contributed by atoms with Gasteiger partial charge in [0.05, 0.1) is 22.9 Å². The van der Waals surface area contributed by atoms with E-state index in [4.69, 9.17) is 13.8 Å². The summed E-state index contributed by atoms with van der Waals surface area (Å²) in [7, 11) is 0. The van der Waals surface area contributed by atoms with Gasteiger partial charge in [-0.1, -0.05) is 31.4 Å². The molecule has 43 heavy (non-hydrogen) atoms. The Morgan fingerprint density at radius 1 is 1.02 bits per heavy atom. The standard InChI is InChI=1S/C33H32N4O6/c1-19(31(38)35-24-8-6-7-21(15-24)29-17-26(33(40)41)20(2)43-29)34-32(39)22-11-12-28-27(16-22)36-30(23-13-14-42-18-23)37(28)25-9-4-3-5-10-25/h6-8,11-19,25H,3-5,9-10H2,1-2H3,(H,34,39)(H,35,38)(H,40,41)/t19-/m1/s1. The van der Waals surface area contributed by atoms with E-state index in [0.717, 1.165) is 29.7 Å². The van der Waals surface area contributed by atoms with Gasteiger partial charge < -0.3 is 29.1 Å². The molecule has 6 rings (SSSR count). The molecule has 220 valence electrons. The van der Waals surface area contributed by atoms with Crippen molar-refractivity contribution in [1.82, 2.24) is 14.9 Å². The lowest BCUT2D eigenvalue weighted by atomic mass is 9.95. The number of benzene rings is 2. The van der Waals surface area contributed by atoms with Crippen molar-refractivity contribution >= 4 is 34.5 Å². The van der Waals surface area contributed by atoms with Gasteiger partial charge in [0.15, 0.2) is 0 Å². The SMILES string of the molecule is Cc1oc(-c2cccc(NC(=O)[C@@H](C)NC(=O)c3ccc4c(c3)nc(-c3ccoc3)n4C3CCCCC3)c2)cc1C(=O)O. The first-order valence-corrected chi connectivity index (χ1v) is 14.4. The van der Waals surface area contributed by atoms with Crippen LogP contribution in [0.1, 0.15) is 71.5 Å². The number of furan rings is 2. The Hall–Kier alpha value is -5.12. The average Bonchev–Trinajstić information content (AvgIpc) is 3.76. The van der Waals surface area contributed by atoms with Crippen molar-refractivity contribution in [1.29, 1.82) is 0 Å². The molecule has 1 fully saturated rings. The normalized spacial score (nSPS) is 14.5. The van der Waals surface area contributed by atoms with Crippen molar-refractivity contribution in [2.75, 3.05) is 5.32 Å². The average molecular weight is 581 g/mol. The van der Waals surface area contributed by atoms with E-state index in [-0.39, 0.29) is 11.5 Å². The monoisotopic (exact) mass is 580 g/mol. The number of carboxylic acid groups (broad SMARTS) is 1. The number of nitrogens with zero attached hydrogens (tertiary/aromatic N) is 2. The van der Waals surface area contributed by atoms with Crippen molar-refractivity contribution < 1.29 is 28.3 Å². The predicted octanol–water partition coefficient (Wildman–Crippen LogP) is 6.83. The van der Waals surface area contributed by atoms with Gasteiger partial charge in [-0.2, -0.15) is 0 Å². The molecular weight excluding hydrogens is 548 g/mol. The number of carbonyl (C=O) groups is 3. The molecule has 0 saturated heterocycles. The number of aryl methyl sites for hydroxylation is 1. The van der Waals surface area contributed by atoms with Crippen LogP contribution in [0.25, 0.3) is 33.7 Å². The molecule has 2 aromatic carbocycles. The fraction of sp³-hybridized carbons (Fsp3) is 0.273. The lowest BCUT2D eigenvalue weighted by molar-refractivity contribution is -0.117.